The first-order valence-corrected chi connectivity index (χ1v) is 3.82. The van der Waals surface area contributed by atoms with E-state index in [1.54, 1.807) is 13.2 Å². The number of rotatable bonds is 4. The molecule has 0 aliphatic heterocycles. The number of methoxy groups -OCH3 is 1. The van der Waals surface area contributed by atoms with E-state index in [4.69, 9.17) is 4.74 Å². The fourth-order valence-corrected chi connectivity index (χ4v) is 0.921. The van der Waals surface area contributed by atoms with Crippen molar-refractivity contribution in [2.24, 2.45) is 0 Å². The molecule has 0 spiro atoms. The van der Waals surface area contributed by atoms with Crippen LogP contribution in [0.1, 0.15) is 20.3 Å². The SMILES string of the molecule is C=CC(OC)=C(C=CC)CC. The molecule has 0 aromatic heterocycles. The number of hydrogen-bond donors (Lipinski definition) is 0. The Kier molecular flexibility index (Phi) is 5.26. The summed E-state index contributed by atoms with van der Waals surface area (Å²) < 4.78 is 5.12. The molecule has 0 aromatic rings. The summed E-state index contributed by atoms with van der Waals surface area (Å²) in [6.07, 6.45) is 6.75. The standard InChI is InChI=1S/C10H16O/c1-5-8-9(6-2)10(7-3)11-4/h5,7-8H,3,6H2,1-2,4H3. The number of hydrogen-bond acceptors (Lipinski definition) is 1. The molecule has 0 amide bonds. The third-order valence-electron chi connectivity index (χ3n) is 1.47. The van der Waals surface area contributed by atoms with Crippen LogP contribution in [-0.4, -0.2) is 7.11 Å². The average molecular weight is 152 g/mol. The lowest BCUT2D eigenvalue weighted by Crippen LogP contribution is -1.87. The van der Waals surface area contributed by atoms with Crippen LogP contribution in [0, 0.1) is 0 Å². The highest BCUT2D eigenvalue weighted by atomic mass is 16.5. The highest BCUT2D eigenvalue weighted by Gasteiger charge is 1.95. The van der Waals surface area contributed by atoms with Gasteiger partial charge < -0.3 is 4.74 Å². The van der Waals surface area contributed by atoms with Crippen LogP contribution in [0.2, 0.25) is 0 Å². The molecule has 0 bridgehead atoms. The summed E-state index contributed by atoms with van der Waals surface area (Å²) >= 11 is 0. The van der Waals surface area contributed by atoms with Crippen molar-refractivity contribution >= 4 is 0 Å². The smallest absolute Gasteiger partial charge is 0.121 e. The number of ether oxygens (including phenoxy) is 1. The zero-order valence-electron chi connectivity index (χ0n) is 7.55. The van der Waals surface area contributed by atoms with Crippen LogP contribution in [0.4, 0.5) is 0 Å². The summed E-state index contributed by atoms with van der Waals surface area (Å²) in [4.78, 5) is 0. The first-order chi connectivity index (χ1) is 5.29. The van der Waals surface area contributed by atoms with Gasteiger partial charge in [0.2, 0.25) is 0 Å². The molecule has 1 heteroatoms. The maximum atomic E-state index is 5.12. The zero-order chi connectivity index (χ0) is 8.69. The van der Waals surface area contributed by atoms with E-state index in [-0.39, 0.29) is 0 Å². The van der Waals surface area contributed by atoms with Gasteiger partial charge in [0.05, 0.1) is 7.11 Å². The minimum absolute atomic E-state index is 0.866. The molecule has 62 valence electrons. The van der Waals surface area contributed by atoms with E-state index in [0.717, 1.165) is 12.2 Å². The van der Waals surface area contributed by atoms with E-state index in [1.807, 2.05) is 19.1 Å². The van der Waals surface area contributed by atoms with Crippen LogP contribution in [0.5, 0.6) is 0 Å². The average Bonchev–Trinajstić information content (AvgIpc) is 2.05. The van der Waals surface area contributed by atoms with Gasteiger partial charge in [0.25, 0.3) is 0 Å². The number of allylic oxidation sites excluding steroid dienone is 4. The van der Waals surface area contributed by atoms with Crippen molar-refractivity contribution in [1.82, 2.24) is 0 Å². The van der Waals surface area contributed by atoms with E-state index in [1.165, 1.54) is 5.57 Å². The lowest BCUT2D eigenvalue weighted by Gasteiger charge is -2.04. The quantitative estimate of drug-likeness (QED) is 0.444. The molecule has 0 N–H and O–H groups in total. The zero-order valence-corrected chi connectivity index (χ0v) is 7.55. The highest BCUT2D eigenvalue weighted by Crippen LogP contribution is 2.11. The van der Waals surface area contributed by atoms with E-state index < -0.39 is 0 Å². The van der Waals surface area contributed by atoms with Crippen molar-refractivity contribution in [2.75, 3.05) is 7.11 Å². The summed E-state index contributed by atoms with van der Waals surface area (Å²) in [6.45, 7) is 7.75. The molecule has 0 atom stereocenters. The first kappa shape index (κ1) is 10.0. The summed E-state index contributed by atoms with van der Waals surface area (Å²) in [5.41, 5.74) is 1.19. The Morgan fingerprint density at radius 2 is 2.18 bits per heavy atom. The van der Waals surface area contributed by atoms with E-state index in [0.29, 0.717) is 0 Å². The van der Waals surface area contributed by atoms with Crippen molar-refractivity contribution in [2.45, 2.75) is 20.3 Å². The van der Waals surface area contributed by atoms with Gasteiger partial charge in [0.15, 0.2) is 0 Å². The molecule has 0 rings (SSSR count). The Bertz CT molecular complexity index is 175. The topological polar surface area (TPSA) is 9.23 Å². The molecule has 0 unspecified atom stereocenters. The second-order valence-corrected chi connectivity index (χ2v) is 2.15. The molecule has 0 saturated heterocycles. The molecule has 0 aliphatic carbocycles. The second kappa shape index (κ2) is 5.78. The fraction of sp³-hybridized carbons (Fsp3) is 0.400. The maximum Gasteiger partial charge on any atom is 0.121 e. The Morgan fingerprint density at radius 1 is 1.55 bits per heavy atom. The van der Waals surface area contributed by atoms with Crippen molar-refractivity contribution in [3.8, 4) is 0 Å². The van der Waals surface area contributed by atoms with Gasteiger partial charge in [-0.25, -0.2) is 0 Å². The van der Waals surface area contributed by atoms with E-state index in [2.05, 4.69) is 13.5 Å². The molecular formula is C10H16O. The van der Waals surface area contributed by atoms with Crippen molar-refractivity contribution < 1.29 is 4.74 Å². The van der Waals surface area contributed by atoms with E-state index >= 15 is 0 Å². The van der Waals surface area contributed by atoms with Crippen LogP contribution >= 0.6 is 0 Å². The van der Waals surface area contributed by atoms with Crippen LogP contribution in [0.25, 0.3) is 0 Å². The van der Waals surface area contributed by atoms with Gasteiger partial charge in [-0.2, -0.15) is 0 Å². The predicted molar refractivity (Wildman–Crippen MR) is 49.3 cm³/mol. The lowest BCUT2D eigenvalue weighted by molar-refractivity contribution is 0.302. The minimum atomic E-state index is 0.866. The van der Waals surface area contributed by atoms with Gasteiger partial charge in [-0.15, -0.1) is 0 Å². The molecule has 1 nitrogen and oxygen atoms in total. The third kappa shape index (κ3) is 3.08. The van der Waals surface area contributed by atoms with Gasteiger partial charge in [-0.05, 0) is 25.0 Å². The molecule has 0 fully saturated rings. The monoisotopic (exact) mass is 152 g/mol. The Morgan fingerprint density at radius 3 is 2.45 bits per heavy atom. The largest absolute Gasteiger partial charge is 0.497 e. The molecule has 0 aliphatic rings. The van der Waals surface area contributed by atoms with Crippen LogP contribution in [-0.2, 0) is 4.74 Å². The molecule has 0 saturated carbocycles. The van der Waals surface area contributed by atoms with Crippen LogP contribution < -0.4 is 0 Å². The van der Waals surface area contributed by atoms with Gasteiger partial charge >= 0.3 is 0 Å². The van der Waals surface area contributed by atoms with Crippen molar-refractivity contribution in [3.63, 3.8) is 0 Å². The summed E-state index contributed by atoms with van der Waals surface area (Å²) in [6, 6.07) is 0. The summed E-state index contributed by atoms with van der Waals surface area (Å²) in [5, 5.41) is 0. The molecule has 11 heavy (non-hydrogen) atoms. The Balaban J connectivity index is 4.61. The summed E-state index contributed by atoms with van der Waals surface area (Å²) in [5.74, 6) is 0.866. The minimum Gasteiger partial charge on any atom is -0.497 e. The van der Waals surface area contributed by atoms with Gasteiger partial charge in [0, 0.05) is 0 Å². The van der Waals surface area contributed by atoms with Crippen LogP contribution in [0.15, 0.2) is 36.1 Å². The van der Waals surface area contributed by atoms with E-state index in [9.17, 15) is 0 Å². The normalized spacial score (nSPS) is 13.0. The Labute approximate surface area is 69.1 Å². The summed E-state index contributed by atoms with van der Waals surface area (Å²) in [7, 11) is 1.66. The first-order valence-electron chi connectivity index (χ1n) is 3.82. The Hall–Kier alpha value is -0.980. The lowest BCUT2D eigenvalue weighted by atomic mass is 10.1. The van der Waals surface area contributed by atoms with Crippen molar-refractivity contribution in [1.29, 1.82) is 0 Å². The third-order valence-corrected chi connectivity index (χ3v) is 1.47. The van der Waals surface area contributed by atoms with Crippen LogP contribution in [0.3, 0.4) is 0 Å². The van der Waals surface area contributed by atoms with Gasteiger partial charge in [-0.3, -0.25) is 0 Å². The molecular weight excluding hydrogens is 136 g/mol. The maximum absolute atomic E-state index is 5.12. The highest BCUT2D eigenvalue weighted by molar-refractivity contribution is 5.27. The van der Waals surface area contributed by atoms with Crippen molar-refractivity contribution in [3.05, 3.63) is 36.1 Å². The molecule has 0 aromatic carbocycles. The van der Waals surface area contributed by atoms with Gasteiger partial charge in [-0.1, -0.05) is 25.7 Å². The predicted octanol–water partition coefficient (Wildman–Crippen LogP) is 3.06. The fourth-order valence-electron chi connectivity index (χ4n) is 0.921. The van der Waals surface area contributed by atoms with Gasteiger partial charge in [0.1, 0.15) is 5.76 Å². The second-order valence-electron chi connectivity index (χ2n) is 2.15. The molecule has 0 heterocycles. The molecule has 0 radical (unpaired) electrons.